The van der Waals surface area contributed by atoms with Crippen LogP contribution in [-0.4, -0.2) is 45.0 Å². The van der Waals surface area contributed by atoms with Crippen LogP contribution in [0.2, 0.25) is 0 Å². The standard InChI is InChI=1S/C17H25NO4/c1-3-22-16-12-21-10-9-15(16)18-17(19)8-7-13-5-4-6-14(11-13)20-2/h4-6,11,15-16H,3,7-10,12H2,1-2H3,(H,18,19)/t15-,16-/m1/s1. The molecular formula is C17H25NO4. The van der Waals surface area contributed by atoms with Crippen molar-refractivity contribution in [3.05, 3.63) is 29.8 Å². The fraction of sp³-hybridized carbons (Fsp3) is 0.588. The first kappa shape index (κ1) is 16.8. The van der Waals surface area contributed by atoms with Gasteiger partial charge >= 0.3 is 0 Å². The number of carbonyl (C=O) groups excluding carboxylic acids is 1. The Balaban J connectivity index is 1.81. The zero-order valence-electron chi connectivity index (χ0n) is 13.3. The van der Waals surface area contributed by atoms with Crippen LogP contribution in [0.15, 0.2) is 24.3 Å². The lowest BCUT2D eigenvalue weighted by molar-refractivity contribution is -0.125. The van der Waals surface area contributed by atoms with Gasteiger partial charge in [-0.15, -0.1) is 0 Å². The van der Waals surface area contributed by atoms with Gasteiger partial charge in [0.05, 0.1) is 19.8 Å². The molecule has 0 radical (unpaired) electrons. The molecule has 2 rings (SSSR count). The Morgan fingerprint density at radius 1 is 1.45 bits per heavy atom. The van der Waals surface area contributed by atoms with Gasteiger partial charge < -0.3 is 19.5 Å². The number of rotatable bonds is 7. The minimum absolute atomic E-state index is 0.0421. The second-order valence-corrected chi connectivity index (χ2v) is 5.38. The van der Waals surface area contributed by atoms with Gasteiger partial charge in [-0.25, -0.2) is 0 Å². The van der Waals surface area contributed by atoms with Gasteiger partial charge in [-0.1, -0.05) is 12.1 Å². The zero-order valence-corrected chi connectivity index (χ0v) is 13.3. The fourth-order valence-corrected chi connectivity index (χ4v) is 2.62. The van der Waals surface area contributed by atoms with Gasteiger partial charge in [-0.05, 0) is 37.5 Å². The first-order chi connectivity index (χ1) is 10.7. The molecule has 1 fully saturated rings. The molecule has 5 nitrogen and oxygen atoms in total. The van der Waals surface area contributed by atoms with Crippen LogP contribution in [0.4, 0.5) is 0 Å². The van der Waals surface area contributed by atoms with Crippen LogP contribution >= 0.6 is 0 Å². The van der Waals surface area contributed by atoms with Crippen molar-refractivity contribution in [2.45, 2.75) is 38.3 Å². The summed E-state index contributed by atoms with van der Waals surface area (Å²) >= 11 is 0. The molecule has 1 aromatic carbocycles. The number of amides is 1. The molecular weight excluding hydrogens is 282 g/mol. The van der Waals surface area contributed by atoms with E-state index in [4.69, 9.17) is 14.2 Å². The van der Waals surface area contributed by atoms with Gasteiger partial charge in [0.2, 0.25) is 5.91 Å². The number of hydrogen-bond acceptors (Lipinski definition) is 4. The second kappa shape index (κ2) is 8.76. The summed E-state index contributed by atoms with van der Waals surface area (Å²) in [7, 11) is 1.64. The van der Waals surface area contributed by atoms with Gasteiger partial charge in [0.25, 0.3) is 0 Å². The van der Waals surface area contributed by atoms with Crippen molar-refractivity contribution in [1.29, 1.82) is 0 Å². The van der Waals surface area contributed by atoms with E-state index in [0.717, 1.165) is 17.7 Å². The number of ether oxygens (including phenoxy) is 3. The van der Waals surface area contributed by atoms with E-state index in [2.05, 4.69) is 5.32 Å². The van der Waals surface area contributed by atoms with E-state index in [1.54, 1.807) is 7.11 Å². The molecule has 1 aliphatic heterocycles. The molecule has 1 aromatic rings. The molecule has 22 heavy (non-hydrogen) atoms. The summed E-state index contributed by atoms with van der Waals surface area (Å²) in [6.07, 6.45) is 1.92. The Morgan fingerprint density at radius 3 is 3.09 bits per heavy atom. The normalized spacial score (nSPS) is 21.4. The van der Waals surface area contributed by atoms with Crippen LogP contribution in [0.5, 0.6) is 5.75 Å². The van der Waals surface area contributed by atoms with Crippen LogP contribution in [-0.2, 0) is 20.7 Å². The molecule has 1 amide bonds. The van der Waals surface area contributed by atoms with Gasteiger partial charge in [-0.3, -0.25) is 4.79 Å². The van der Waals surface area contributed by atoms with E-state index in [1.807, 2.05) is 31.2 Å². The summed E-state index contributed by atoms with van der Waals surface area (Å²) in [6, 6.07) is 7.86. The third-order valence-electron chi connectivity index (χ3n) is 3.81. The Morgan fingerprint density at radius 2 is 2.32 bits per heavy atom. The third-order valence-corrected chi connectivity index (χ3v) is 3.81. The lowest BCUT2D eigenvalue weighted by Gasteiger charge is -2.31. The molecule has 2 atom stereocenters. The van der Waals surface area contributed by atoms with Crippen molar-refractivity contribution in [3.8, 4) is 5.75 Å². The third kappa shape index (κ3) is 5.00. The quantitative estimate of drug-likeness (QED) is 0.836. The molecule has 0 bridgehead atoms. The highest BCUT2D eigenvalue weighted by molar-refractivity contribution is 5.76. The maximum atomic E-state index is 12.2. The van der Waals surface area contributed by atoms with E-state index in [-0.39, 0.29) is 18.1 Å². The maximum Gasteiger partial charge on any atom is 0.220 e. The summed E-state index contributed by atoms with van der Waals surface area (Å²) in [5.41, 5.74) is 1.10. The van der Waals surface area contributed by atoms with E-state index in [0.29, 0.717) is 32.7 Å². The SMILES string of the molecule is CCO[C@@H]1COCC[C@H]1NC(=O)CCc1cccc(OC)c1. The minimum Gasteiger partial charge on any atom is -0.497 e. The smallest absolute Gasteiger partial charge is 0.220 e. The summed E-state index contributed by atoms with van der Waals surface area (Å²) in [4.78, 5) is 12.2. The number of hydrogen-bond donors (Lipinski definition) is 1. The van der Waals surface area contributed by atoms with Gasteiger partial charge in [0, 0.05) is 19.6 Å². The minimum atomic E-state index is -0.0421. The number of aryl methyl sites for hydroxylation is 1. The Bertz CT molecular complexity index is 475. The van der Waals surface area contributed by atoms with Crippen molar-refractivity contribution in [3.63, 3.8) is 0 Å². The summed E-state index contributed by atoms with van der Waals surface area (Å²) in [5, 5.41) is 3.08. The fourth-order valence-electron chi connectivity index (χ4n) is 2.62. The van der Waals surface area contributed by atoms with E-state index < -0.39 is 0 Å². The van der Waals surface area contributed by atoms with Crippen molar-refractivity contribution in [2.75, 3.05) is 26.9 Å². The van der Waals surface area contributed by atoms with Crippen LogP contribution < -0.4 is 10.1 Å². The molecule has 0 aromatic heterocycles. The largest absolute Gasteiger partial charge is 0.497 e. The molecule has 0 unspecified atom stereocenters. The van der Waals surface area contributed by atoms with E-state index >= 15 is 0 Å². The predicted molar refractivity (Wildman–Crippen MR) is 84.1 cm³/mol. The molecule has 1 heterocycles. The number of benzene rings is 1. The van der Waals surface area contributed by atoms with Crippen molar-refractivity contribution < 1.29 is 19.0 Å². The van der Waals surface area contributed by atoms with E-state index in [1.165, 1.54) is 0 Å². The number of nitrogens with one attached hydrogen (secondary N) is 1. The molecule has 0 saturated carbocycles. The van der Waals surface area contributed by atoms with Gasteiger partial charge in [-0.2, -0.15) is 0 Å². The van der Waals surface area contributed by atoms with Crippen molar-refractivity contribution in [1.82, 2.24) is 5.32 Å². The number of carbonyl (C=O) groups is 1. The average Bonchev–Trinajstić information content (AvgIpc) is 2.55. The predicted octanol–water partition coefficient (Wildman–Crippen LogP) is 1.94. The average molecular weight is 307 g/mol. The van der Waals surface area contributed by atoms with E-state index in [9.17, 15) is 4.79 Å². The molecule has 122 valence electrons. The van der Waals surface area contributed by atoms with Crippen molar-refractivity contribution >= 4 is 5.91 Å². The molecule has 1 N–H and O–H groups in total. The monoisotopic (exact) mass is 307 g/mol. The summed E-state index contributed by atoms with van der Waals surface area (Å²) in [5.74, 6) is 0.873. The summed E-state index contributed by atoms with van der Waals surface area (Å²) in [6.45, 7) is 3.81. The topological polar surface area (TPSA) is 56.8 Å². The van der Waals surface area contributed by atoms with Gasteiger partial charge in [0.15, 0.2) is 0 Å². The molecule has 1 saturated heterocycles. The highest BCUT2D eigenvalue weighted by Gasteiger charge is 2.27. The maximum absolute atomic E-state index is 12.2. The molecule has 5 heteroatoms. The van der Waals surface area contributed by atoms with Crippen LogP contribution in [0, 0.1) is 0 Å². The molecule has 1 aliphatic rings. The highest BCUT2D eigenvalue weighted by atomic mass is 16.5. The highest BCUT2D eigenvalue weighted by Crippen LogP contribution is 2.15. The number of methoxy groups -OCH3 is 1. The Labute approximate surface area is 131 Å². The first-order valence-corrected chi connectivity index (χ1v) is 7.84. The lowest BCUT2D eigenvalue weighted by Crippen LogP contribution is -2.50. The van der Waals surface area contributed by atoms with Crippen LogP contribution in [0.3, 0.4) is 0 Å². The van der Waals surface area contributed by atoms with Crippen molar-refractivity contribution in [2.24, 2.45) is 0 Å². The summed E-state index contributed by atoms with van der Waals surface area (Å²) < 4.78 is 16.2. The van der Waals surface area contributed by atoms with Gasteiger partial charge in [0.1, 0.15) is 11.9 Å². The second-order valence-electron chi connectivity index (χ2n) is 5.38. The molecule has 0 spiro atoms. The Hall–Kier alpha value is -1.59. The van der Waals surface area contributed by atoms with Crippen LogP contribution in [0.1, 0.15) is 25.3 Å². The molecule has 0 aliphatic carbocycles. The lowest BCUT2D eigenvalue weighted by atomic mass is 10.0. The zero-order chi connectivity index (χ0) is 15.8. The first-order valence-electron chi connectivity index (χ1n) is 7.84. The Kier molecular flexibility index (Phi) is 6.68. The van der Waals surface area contributed by atoms with Crippen LogP contribution in [0.25, 0.3) is 0 Å².